The van der Waals surface area contributed by atoms with E-state index in [2.05, 4.69) is 41.9 Å². The number of hydrogen-bond acceptors (Lipinski definition) is 12. The molecule has 2 aromatic carbocycles. The van der Waals surface area contributed by atoms with Gasteiger partial charge in [-0.2, -0.15) is 0 Å². The van der Waals surface area contributed by atoms with Gasteiger partial charge in [0.25, 0.3) is 0 Å². The Bertz CT molecular complexity index is 2150. The largest absolute Gasteiger partial charge is 0.497 e. The Morgan fingerprint density at radius 2 is 1.08 bits per heavy atom. The van der Waals surface area contributed by atoms with Crippen molar-refractivity contribution in [1.82, 2.24) is 36.8 Å². The number of ether oxygens (including phenoxy) is 1. The van der Waals surface area contributed by atoms with Crippen LogP contribution in [0, 0.1) is 11.8 Å². The minimum atomic E-state index is -1.29. The van der Waals surface area contributed by atoms with Crippen molar-refractivity contribution in [2.24, 2.45) is 56.2 Å². The summed E-state index contributed by atoms with van der Waals surface area (Å²) in [5, 5.41) is 15.7. The molecule has 0 spiro atoms. The number of carbonyl (C=O) groups is 8. The van der Waals surface area contributed by atoms with E-state index in [1.807, 2.05) is 27.7 Å². The molecule has 0 bridgehead atoms. The SMILES string of the molecule is COc1ccc(C[C@H](N)C(=O)NCC(=O)NCC(=O)N[C@@H](Cc2ccccc2)C(=O)N(C)[C@@H](CC(C)C)C(=O)N[C@@H](CCCN=C(N)N)C(=O)N[C@@H](CCCN=C(N)N)C(=O)N[C@H](CC(C)C)C(N)=O)cc1. The molecule has 2 aromatic rings. The maximum absolute atomic E-state index is 14.5. The first-order valence-corrected chi connectivity index (χ1v) is 23.8. The van der Waals surface area contributed by atoms with E-state index in [0.717, 1.165) is 5.56 Å². The topological polar surface area (TPSA) is 402 Å². The van der Waals surface area contributed by atoms with Crippen LogP contribution in [0.15, 0.2) is 64.6 Å². The van der Waals surface area contributed by atoms with Gasteiger partial charge in [0.05, 0.1) is 26.2 Å². The van der Waals surface area contributed by atoms with Gasteiger partial charge in [-0.15, -0.1) is 0 Å². The molecule has 6 atom stereocenters. The highest BCUT2D eigenvalue weighted by Crippen LogP contribution is 2.16. The van der Waals surface area contributed by atoms with E-state index < -0.39 is 96.6 Å². The third-order valence-corrected chi connectivity index (χ3v) is 11.1. The Labute approximate surface area is 421 Å². The molecule has 0 aromatic heterocycles. The number of primary amides is 1. The molecule has 0 radical (unpaired) electrons. The monoisotopic (exact) mass is 1010 g/mol. The number of methoxy groups -OCH3 is 1. The van der Waals surface area contributed by atoms with Crippen LogP contribution >= 0.6 is 0 Å². The van der Waals surface area contributed by atoms with Crippen LogP contribution in [0.4, 0.5) is 0 Å². The summed E-state index contributed by atoms with van der Waals surface area (Å²) in [6.45, 7) is 6.55. The number of likely N-dealkylation sites (N-methyl/N-ethyl adjacent to an activating group) is 1. The van der Waals surface area contributed by atoms with Crippen LogP contribution in [0.2, 0.25) is 0 Å². The lowest BCUT2D eigenvalue weighted by atomic mass is 9.98. The van der Waals surface area contributed by atoms with Crippen molar-refractivity contribution in [3.05, 3.63) is 65.7 Å². The molecule has 0 aliphatic carbocycles. The molecule has 0 unspecified atom stereocenters. The number of guanidine groups is 2. The van der Waals surface area contributed by atoms with Crippen LogP contribution in [-0.4, -0.2) is 141 Å². The van der Waals surface area contributed by atoms with Gasteiger partial charge in [-0.05, 0) is 80.0 Å². The van der Waals surface area contributed by atoms with E-state index in [1.165, 1.54) is 19.1 Å². The average Bonchev–Trinajstić information content (AvgIpc) is 3.32. The highest BCUT2D eigenvalue weighted by atomic mass is 16.5. The quantitative estimate of drug-likeness (QED) is 0.0205. The van der Waals surface area contributed by atoms with Crippen molar-refractivity contribution in [1.29, 1.82) is 0 Å². The molecule has 24 heteroatoms. The standard InChI is InChI=1S/C48H77N15O9/c1-28(2)22-36(41(50)66)62-44(69)34(14-10-20-55-47(51)52)60-43(68)35(15-11-21-56-48(53)54)61-45(70)38(23-29(3)4)63(5)46(71)37(25-30-12-8-7-9-13-30)59-40(65)27-57-39(64)26-58-42(67)33(49)24-31-16-18-32(72-6)19-17-31/h7-9,12-13,16-19,28-29,33-38H,10-11,14-15,20-27,49H2,1-6H3,(H2,50,66)(H,57,64)(H,58,67)(H,59,65)(H,60,68)(H,61,70)(H,62,69)(H4,51,52,55)(H4,53,54,56)/t33-,34-,35-,36+,37-,38-/m0/s1. The second kappa shape index (κ2) is 31.7. The van der Waals surface area contributed by atoms with Crippen molar-refractivity contribution in [2.45, 2.75) is 115 Å². The number of benzene rings is 2. The summed E-state index contributed by atoms with van der Waals surface area (Å²) in [6, 6.07) is 8.87. The van der Waals surface area contributed by atoms with Crippen molar-refractivity contribution in [3.8, 4) is 5.75 Å². The first kappa shape index (κ1) is 60.6. The third kappa shape index (κ3) is 23.4. The summed E-state index contributed by atoms with van der Waals surface area (Å²) < 4.78 is 5.15. The van der Waals surface area contributed by atoms with E-state index in [-0.39, 0.29) is 88.2 Å². The third-order valence-electron chi connectivity index (χ3n) is 11.1. The van der Waals surface area contributed by atoms with Crippen molar-refractivity contribution < 1.29 is 43.1 Å². The Kier molecular flexibility index (Phi) is 26.7. The molecule has 0 fully saturated rings. The Hall–Kier alpha value is -7.50. The van der Waals surface area contributed by atoms with E-state index in [0.29, 0.717) is 11.3 Å². The number of amides is 8. The zero-order valence-electron chi connectivity index (χ0n) is 42.3. The van der Waals surface area contributed by atoms with Gasteiger partial charge in [-0.3, -0.25) is 48.3 Å². The fraction of sp³-hybridized carbons (Fsp3) is 0.542. The smallest absolute Gasteiger partial charge is 0.245 e. The van der Waals surface area contributed by atoms with E-state index in [9.17, 15) is 38.4 Å². The number of nitrogens with one attached hydrogen (secondary N) is 6. The molecule has 0 aliphatic rings. The number of hydrogen-bond donors (Lipinski definition) is 12. The Morgan fingerprint density at radius 3 is 1.58 bits per heavy atom. The van der Waals surface area contributed by atoms with Crippen LogP contribution in [0.25, 0.3) is 0 Å². The molecular weight excluding hydrogens is 931 g/mol. The number of rotatable bonds is 32. The lowest BCUT2D eigenvalue weighted by Gasteiger charge is -2.33. The summed E-state index contributed by atoms with van der Waals surface area (Å²) >= 11 is 0. The predicted molar refractivity (Wildman–Crippen MR) is 273 cm³/mol. The second-order valence-electron chi connectivity index (χ2n) is 18.2. The fourth-order valence-corrected chi connectivity index (χ4v) is 7.31. The van der Waals surface area contributed by atoms with Crippen LogP contribution in [-0.2, 0) is 51.2 Å². The first-order chi connectivity index (χ1) is 34.0. The molecule has 0 aliphatic heterocycles. The number of carbonyl (C=O) groups excluding carboxylic acids is 8. The summed E-state index contributed by atoms with van der Waals surface area (Å²) in [4.78, 5) is 117. The van der Waals surface area contributed by atoms with Crippen molar-refractivity contribution in [3.63, 3.8) is 0 Å². The van der Waals surface area contributed by atoms with Crippen molar-refractivity contribution >= 4 is 59.2 Å². The summed E-state index contributed by atoms with van der Waals surface area (Å²) in [7, 11) is 2.94. The molecular formula is C48H77N15O9. The zero-order valence-corrected chi connectivity index (χ0v) is 42.3. The molecule has 398 valence electrons. The lowest BCUT2D eigenvalue weighted by Crippen LogP contribution is -2.59. The van der Waals surface area contributed by atoms with Crippen LogP contribution < -0.4 is 71.0 Å². The maximum Gasteiger partial charge on any atom is 0.245 e. The van der Waals surface area contributed by atoms with E-state index in [4.69, 9.17) is 39.1 Å². The minimum absolute atomic E-state index is 0.00189. The molecule has 8 amide bonds. The number of nitrogens with two attached hydrogens (primary N) is 6. The molecule has 24 nitrogen and oxygen atoms in total. The molecule has 0 saturated carbocycles. The maximum atomic E-state index is 14.5. The van der Waals surface area contributed by atoms with Gasteiger partial charge in [-0.1, -0.05) is 70.2 Å². The lowest BCUT2D eigenvalue weighted by molar-refractivity contribution is -0.143. The minimum Gasteiger partial charge on any atom is -0.497 e. The highest BCUT2D eigenvalue weighted by molar-refractivity contribution is 5.97. The molecule has 18 N–H and O–H groups in total. The molecule has 0 saturated heterocycles. The fourth-order valence-electron chi connectivity index (χ4n) is 7.31. The predicted octanol–water partition coefficient (Wildman–Crippen LogP) is -2.51. The van der Waals surface area contributed by atoms with Crippen LogP contribution in [0.3, 0.4) is 0 Å². The van der Waals surface area contributed by atoms with Gasteiger partial charge in [0.15, 0.2) is 11.9 Å². The summed E-state index contributed by atoms with van der Waals surface area (Å²) in [6.07, 6.45) is 1.00. The zero-order chi connectivity index (χ0) is 53.9. The molecule has 0 heterocycles. The normalized spacial score (nSPS) is 13.4. The average molecular weight is 1010 g/mol. The van der Waals surface area contributed by atoms with Gasteiger partial charge < -0.3 is 75.9 Å². The Balaban J connectivity index is 2.33. The number of nitrogens with zero attached hydrogens (tertiary/aromatic N) is 3. The highest BCUT2D eigenvalue weighted by Gasteiger charge is 2.36. The first-order valence-electron chi connectivity index (χ1n) is 23.8. The number of aliphatic imine (C=N–C) groups is 2. The summed E-state index contributed by atoms with van der Waals surface area (Å²) in [5.74, 6) is -5.52. The van der Waals surface area contributed by atoms with Crippen LogP contribution in [0.1, 0.15) is 77.3 Å². The van der Waals surface area contributed by atoms with Gasteiger partial charge >= 0.3 is 0 Å². The second-order valence-corrected chi connectivity index (χ2v) is 18.2. The van der Waals surface area contributed by atoms with Gasteiger partial charge in [0.1, 0.15) is 36.0 Å². The molecule has 2 rings (SSSR count). The van der Waals surface area contributed by atoms with Gasteiger partial charge in [0, 0.05) is 26.6 Å². The van der Waals surface area contributed by atoms with Gasteiger partial charge in [-0.25, -0.2) is 0 Å². The van der Waals surface area contributed by atoms with E-state index in [1.54, 1.807) is 54.6 Å². The van der Waals surface area contributed by atoms with Gasteiger partial charge in [0.2, 0.25) is 47.3 Å². The summed E-state index contributed by atoms with van der Waals surface area (Å²) in [5.41, 5.74) is 35.1. The van der Waals surface area contributed by atoms with E-state index >= 15 is 0 Å². The van der Waals surface area contributed by atoms with Crippen molar-refractivity contribution in [2.75, 3.05) is 40.3 Å². The van der Waals surface area contributed by atoms with Crippen LogP contribution in [0.5, 0.6) is 5.75 Å². The Morgan fingerprint density at radius 1 is 0.583 bits per heavy atom. The molecule has 72 heavy (non-hydrogen) atoms.